The fourth-order valence-electron chi connectivity index (χ4n) is 2.51. The Morgan fingerprint density at radius 1 is 1.17 bits per heavy atom. The monoisotopic (exact) mass is 522 g/mol. The number of nitrogens with zero attached hydrogens (tertiary/aromatic N) is 2. The van der Waals surface area contributed by atoms with Gasteiger partial charge in [-0.3, -0.25) is 4.90 Å². The van der Waals surface area contributed by atoms with Crippen molar-refractivity contribution in [1.82, 2.24) is 0 Å². The molecule has 29 heavy (non-hydrogen) atoms. The maximum absolute atomic E-state index is 12.1. The highest BCUT2D eigenvalue weighted by Gasteiger charge is 2.31. The highest BCUT2D eigenvalue weighted by atomic mass is 127. The van der Waals surface area contributed by atoms with E-state index in [1.165, 1.54) is 29.2 Å². The molecule has 0 atom stereocenters. The number of hydrogen-bond donors (Lipinski definition) is 2. The van der Waals surface area contributed by atoms with Gasteiger partial charge in [0.05, 0.1) is 13.1 Å². The normalized spacial score (nSPS) is 14.2. The van der Waals surface area contributed by atoms with Crippen LogP contribution in [0.4, 0.5) is 29.3 Å². The molecule has 0 aliphatic carbocycles. The number of halogens is 4. The van der Waals surface area contributed by atoms with Gasteiger partial charge in [-0.2, -0.15) is 0 Å². The summed E-state index contributed by atoms with van der Waals surface area (Å²) in [4.78, 5) is 17.2. The van der Waals surface area contributed by atoms with E-state index in [9.17, 15) is 18.0 Å². The molecule has 11 heteroatoms. The first-order valence-corrected chi connectivity index (χ1v) is 8.26. The Morgan fingerprint density at radius 3 is 2.38 bits per heavy atom. The van der Waals surface area contributed by atoms with Crippen molar-refractivity contribution in [3.05, 3.63) is 54.1 Å². The van der Waals surface area contributed by atoms with Crippen molar-refractivity contribution in [3.8, 4) is 5.75 Å². The lowest BCUT2D eigenvalue weighted by atomic mass is 10.2. The second kappa shape index (κ2) is 9.67. The molecule has 0 saturated carbocycles. The Balaban J connectivity index is 0.00000300. The average Bonchev–Trinajstić information content (AvgIpc) is 3.07. The standard InChI is InChI=1S/C18H17F3N4O3.HI/c19-18(20,21)28-15-7-3-13(4-8-15)24-16(22)23-11-12-1-5-14(6-2-12)25-9-10-27-17(25)26;/h1-8H,9-11H2,(H3,22,23,24);1H. The lowest BCUT2D eigenvalue weighted by Crippen LogP contribution is -2.23. The zero-order valence-electron chi connectivity index (χ0n) is 15.0. The van der Waals surface area contributed by atoms with E-state index in [0.29, 0.717) is 25.4 Å². The summed E-state index contributed by atoms with van der Waals surface area (Å²) in [6, 6.07) is 12.4. The van der Waals surface area contributed by atoms with Crippen LogP contribution in [0.1, 0.15) is 5.56 Å². The molecule has 1 fully saturated rings. The second-order valence-electron chi connectivity index (χ2n) is 5.83. The fourth-order valence-corrected chi connectivity index (χ4v) is 2.51. The van der Waals surface area contributed by atoms with Crippen molar-refractivity contribution in [3.63, 3.8) is 0 Å². The number of guanidine groups is 1. The number of nitrogens with two attached hydrogens (primary N) is 1. The molecule has 1 amide bonds. The van der Waals surface area contributed by atoms with E-state index < -0.39 is 6.36 Å². The summed E-state index contributed by atoms with van der Waals surface area (Å²) in [5.74, 6) is -0.216. The number of hydrogen-bond acceptors (Lipinski definition) is 4. The number of rotatable bonds is 5. The maximum atomic E-state index is 12.1. The Morgan fingerprint density at radius 2 is 1.83 bits per heavy atom. The van der Waals surface area contributed by atoms with E-state index in [-0.39, 0.29) is 41.8 Å². The number of benzene rings is 2. The van der Waals surface area contributed by atoms with Crippen molar-refractivity contribution >= 4 is 47.4 Å². The van der Waals surface area contributed by atoms with Crippen LogP contribution >= 0.6 is 24.0 Å². The lowest BCUT2D eigenvalue weighted by Gasteiger charge is -2.12. The van der Waals surface area contributed by atoms with Crippen molar-refractivity contribution in [2.45, 2.75) is 12.9 Å². The number of amides is 1. The van der Waals surface area contributed by atoms with Gasteiger partial charge >= 0.3 is 12.5 Å². The largest absolute Gasteiger partial charge is 0.573 e. The van der Waals surface area contributed by atoms with E-state index in [1.807, 2.05) is 12.1 Å². The number of ether oxygens (including phenoxy) is 2. The first-order valence-electron chi connectivity index (χ1n) is 8.26. The maximum Gasteiger partial charge on any atom is 0.573 e. The van der Waals surface area contributed by atoms with Gasteiger partial charge in [-0.15, -0.1) is 37.1 Å². The Hall–Kier alpha value is -2.70. The number of carbonyl (C=O) groups is 1. The van der Waals surface area contributed by atoms with Crippen LogP contribution in [0.3, 0.4) is 0 Å². The highest BCUT2D eigenvalue weighted by Crippen LogP contribution is 2.24. The molecular weight excluding hydrogens is 504 g/mol. The van der Waals surface area contributed by atoms with Crippen molar-refractivity contribution in [1.29, 1.82) is 0 Å². The zero-order chi connectivity index (χ0) is 20.1. The number of anilines is 2. The molecule has 0 spiro atoms. The molecule has 0 radical (unpaired) electrons. The molecule has 0 aromatic heterocycles. The van der Waals surface area contributed by atoms with Gasteiger partial charge in [0, 0.05) is 11.4 Å². The molecule has 1 saturated heterocycles. The minimum Gasteiger partial charge on any atom is -0.447 e. The summed E-state index contributed by atoms with van der Waals surface area (Å²) >= 11 is 0. The van der Waals surface area contributed by atoms with Crippen LogP contribution < -0.4 is 20.7 Å². The fraction of sp³-hybridized carbons (Fsp3) is 0.222. The number of aliphatic imine (C=N–C) groups is 1. The summed E-state index contributed by atoms with van der Waals surface area (Å²) < 4.78 is 45.1. The summed E-state index contributed by atoms with van der Waals surface area (Å²) in [7, 11) is 0. The predicted molar refractivity (Wildman–Crippen MR) is 113 cm³/mol. The first kappa shape index (κ1) is 22.6. The summed E-state index contributed by atoms with van der Waals surface area (Å²) in [5.41, 5.74) is 7.88. The van der Waals surface area contributed by atoms with Gasteiger partial charge in [0.25, 0.3) is 0 Å². The molecule has 156 valence electrons. The molecular formula is C18H18F3IN4O3. The van der Waals surface area contributed by atoms with E-state index in [1.54, 1.807) is 12.1 Å². The predicted octanol–water partition coefficient (Wildman–Crippen LogP) is 4.09. The van der Waals surface area contributed by atoms with Crippen molar-refractivity contribution in [2.75, 3.05) is 23.4 Å². The zero-order valence-corrected chi connectivity index (χ0v) is 17.3. The van der Waals surface area contributed by atoms with Crippen LogP contribution in [0.2, 0.25) is 0 Å². The van der Waals surface area contributed by atoms with Crippen molar-refractivity contribution < 1.29 is 27.4 Å². The molecule has 1 aliphatic rings. The topological polar surface area (TPSA) is 89.2 Å². The molecule has 7 nitrogen and oxygen atoms in total. The second-order valence-corrected chi connectivity index (χ2v) is 5.83. The summed E-state index contributed by atoms with van der Waals surface area (Å²) in [6.07, 6.45) is -5.11. The number of alkyl halides is 3. The third-order valence-electron chi connectivity index (χ3n) is 3.80. The molecule has 2 aromatic carbocycles. The number of carbonyl (C=O) groups excluding carboxylic acids is 1. The van der Waals surface area contributed by atoms with Crippen LogP contribution in [0, 0.1) is 0 Å². The van der Waals surface area contributed by atoms with E-state index in [4.69, 9.17) is 10.5 Å². The highest BCUT2D eigenvalue weighted by molar-refractivity contribution is 14.0. The van der Waals surface area contributed by atoms with Gasteiger partial charge in [0.2, 0.25) is 0 Å². The first-order chi connectivity index (χ1) is 13.3. The van der Waals surface area contributed by atoms with E-state index in [0.717, 1.165) is 11.3 Å². The molecule has 3 rings (SSSR count). The minimum atomic E-state index is -4.74. The lowest BCUT2D eigenvalue weighted by molar-refractivity contribution is -0.274. The average molecular weight is 522 g/mol. The van der Waals surface area contributed by atoms with Gasteiger partial charge in [-0.1, -0.05) is 12.1 Å². The molecule has 2 aromatic rings. The van der Waals surface area contributed by atoms with Gasteiger partial charge in [-0.25, -0.2) is 9.79 Å². The smallest absolute Gasteiger partial charge is 0.447 e. The number of cyclic esters (lactones) is 1. The van der Waals surface area contributed by atoms with Crippen LogP contribution in [0.5, 0.6) is 5.75 Å². The third-order valence-corrected chi connectivity index (χ3v) is 3.80. The van der Waals surface area contributed by atoms with E-state index >= 15 is 0 Å². The Labute approximate surface area is 181 Å². The summed E-state index contributed by atoms with van der Waals surface area (Å²) in [5, 5.41) is 2.79. The van der Waals surface area contributed by atoms with Gasteiger partial charge < -0.3 is 20.5 Å². The van der Waals surface area contributed by atoms with Gasteiger partial charge in [0.1, 0.15) is 12.4 Å². The quantitative estimate of drug-likeness (QED) is 0.351. The van der Waals surface area contributed by atoms with Crippen LogP contribution in [-0.4, -0.2) is 31.6 Å². The van der Waals surface area contributed by atoms with Crippen LogP contribution in [0.15, 0.2) is 53.5 Å². The molecule has 1 aliphatic heterocycles. The van der Waals surface area contributed by atoms with Gasteiger partial charge in [-0.05, 0) is 42.0 Å². The van der Waals surface area contributed by atoms with Crippen LogP contribution in [-0.2, 0) is 11.3 Å². The van der Waals surface area contributed by atoms with E-state index in [2.05, 4.69) is 15.0 Å². The van der Waals surface area contributed by atoms with Gasteiger partial charge in [0.15, 0.2) is 5.96 Å². The minimum absolute atomic E-state index is 0. The Bertz CT molecular complexity index is 858. The van der Waals surface area contributed by atoms with Crippen LogP contribution in [0.25, 0.3) is 0 Å². The van der Waals surface area contributed by atoms with Crippen molar-refractivity contribution in [2.24, 2.45) is 10.7 Å². The molecule has 0 unspecified atom stereocenters. The third kappa shape index (κ3) is 6.69. The molecule has 0 bridgehead atoms. The summed E-state index contributed by atoms with van der Waals surface area (Å²) in [6.45, 7) is 1.18. The Kier molecular flexibility index (Phi) is 7.53. The molecule has 1 heterocycles. The SMILES string of the molecule is I.NC(=NCc1ccc(N2CCOC2=O)cc1)Nc1ccc(OC(F)(F)F)cc1. The number of nitrogens with one attached hydrogen (secondary N) is 1. The molecule has 3 N–H and O–H groups in total.